The molecule has 3 N–H and O–H groups in total. The highest BCUT2D eigenvalue weighted by Crippen LogP contribution is 2.33. The van der Waals surface area contributed by atoms with E-state index in [1.54, 1.807) is 4.90 Å². The predicted molar refractivity (Wildman–Crippen MR) is 72.5 cm³/mol. The second-order valence-corrected chi connectivity index (χ2v) is 5.50. The fourth-order valence-corrected chi connectivity index (χ4v) is 2.27. The maximum atomic E-state index is 12.9. The molecule has 1 aliphatic rings. The number of aromatic nitrogens is 1. The monoisotopic (exact) mass is 302 g/mol. The number of pyridine rings is 1. The van der Waals surface area contributed by atoms with E-state index in [1.807, 2.05) is 13.8 Å². The largest absolute Gasteiger partial charge is 0.433 e. The van der Waals surface area contributed by atoms with E-state index in [0.717, 1.165) is 6.07 Å². The van der Waals surface area contributed by atoms with E-state index in [1.165, 1.54) is 6.07 Å². The summed E-state index contributed by atoms with van der Waals surface area (Å²) in [6.07, 6.45) is -4.54. The molecule has 1 aliphatic heterocycles. The summed E-state index contributed by atoms with van der Waals surface area (Å²) >= 11 is 0. The average molecular weight is 302 g/mol. The van der Waals surface area contributed by atoms with Crippen LogP contribution in [0, 0.1) is 5.41 Å². The molecule has 1 aromatic heterocycles. The van der Waals surface area contributed by atoms with Gasteiger partial charge in [-0.2, -0.15) is 13.2 Å². The summed E-state index contributed by atoms with van der Waals surface area (Å²) in [5, 5.41) is 7.55. The van der Waals surface area contributed by atoms with Crippen LogP contribution >= 0.6 is 0 Å². The summed E-state index contributed by atoms with van der Waals surface area (Å²) in [5.74, 6) is -0.237. The van der Waals surface area contributed by atoms with Crippen LogP contribution in [-0.2, 0) is 10.9 Å². The highest BCUT2D eigenvalue weighted by atomic mass is 19.4. The molecule has 0 bridgehead atoms. The Bertz CT molecular complexity index is 557. The third kappa shape index (κ3) is 3.10. The number of rotatable bonds is 2. The Balaban J connectivity index is 2.55. The molecule has 1 aromatic rings. The van der Waals surface area contributed by atoms with Crippen molar-refractivity contribution in [2.75, 3.05) is 24.7 Å². The molecule has 8 heteroatoms. The Morgan fingerprint density at radius 1 is 1.43 bits per heavy atom. The summed E-state index contributed by atoms with van der Waals surface area (Å²) in [4.78, 5) is 5.42. The van der Waals surface area contributed by atoms with Crippen molar-refractivity contribution in [2.24, 2.45) is 5.73 Å². The first-order chi connectivity index (χ1) is 9.63. The predicted octanol–water partition coefficient (Wildman–Crippen LogP) is 2.00. The standard InChI is InChI=1S/C13H17F3N4O/c1-12(2)7-21-6-5-20(12)11-8(10(17)18)3-4-9(19-11)13(14,15)16/h3-4H,5-7H2,1-2H3,(H3,17,18). The Labute approximate surface area is 120 Å². The molecule has 0 aromatic carbocycles. The number of amidine groups is 1. The van der Waals surface area contributed by atoms with Crippen molar-refractivity contribution < 1.29 is 17.9 Å². The minimum Gasteiger partial charge on any atom is -0.384 e. The zero-order valence-electron chi connectivity index (χ0n) is 11.8. The number of nitrogens with one attached hydrogen (secondary N) is 1. The van der Waals surface area contributed by atoms with E-state index in [4.69, 9.17) is 15.9 Å². The van der Waals surface area contributed by atoms with Crippen LogP contribution in [0.15, 0.2) is 12.1 Å². The van der Waals surface area contributed by atoms with Crippen molar-refractivity contribution in [3.05, 3.63) is 23.4 Å². The fourth-order valence-electron chi connectivity index (χ4n) is 2.27. The molecule has 0 amide bonds. The van der Waals surface area contributed by atoms with Gasteiger partial charge < -0.3 is 15.4 Å². The van der Waals surface area contributed by atoms with Crippen LogP contribution in [0.4, 0.5) is 19.0 Å². The molecule has 0 spiro atoms. The van der Waals surface area contributed by atoms with Crippen LogP contribution in [0.25, 0.3) is 0 Å². The third-order valence-electron chi connectivity index (χ3n) is 3.36. The Kier molecular flexibility index (Phi) is 3.83. The van der Waals surface area contributed by atoms with Crippen LogP contribution in [-0.4, -0.2) is 36.1 Å². The SMILES string of the molecule is CC1(C)COCCN1c1nc(C(F)(F)F)ccc1C(=N)N. The molecule has 5 nitrogen and oxygen atoms in total. The fraction of sp³-hybridized carbons (Fsp3) is 0.538. The van der Waals surface area contributed by atoms with Crippen molar-refractivity contribution in [1.29, 1.82) is 5.41 Å². The van der Waals surface area contributed by atoms with Crippen LogP contribution in [0.1, 0.15) is 25.1 Å². The molecule has 0 aliphatic carbocycles. The number of nitrogens with zero attached hydrogens (tertiary/aromatic N) is 2. The molecule has 1 fully saturated rings. The molecular formula is C13H17F3N4O. The molecule has 0 radical (unpaired) electrons. The zero-order chi connectivity index (χ0) is 15.8. The van der Waals surface area contributed by atoms with Gasteiger partial charge in [0.25, 0.3) is 0 Å². The lowest BCUT2D eigenvalue weighted by Crippen LogP contribution is -2.54. The summed E-state index contributed by atoms with van der Waals surface area (Å²) in [6, 6.07) is 2.03. The lowest BCUT2D eigenvalue weighted by atomic mass is 10.0. The van der Waals surface area contributed by atoms with E-state index < -0.39 is 17.4 Å². The second kappa shape index (κ2) is 5.18. The normalized spacial score (nSPS) is 18.6. The number of hydrogen-bond acceptors (Lipinski definition) is 4. The molecule has 0 saturated carbocycles. The molecule has 1 saturated heterocycles. The minimum absolute atomic E-state index is 0.0747. The van der Waals surface area contributed by atoms with Gasteiger partial charge in [-0.15, -0.1) is 0 Å². The lowest BCUT2D eigenvalue weighted by molar-refractivity contribution is -0.141. The Morgan fingerprint density at radius 2 is 2.10 bits per heavy atom. The smallest absolute Gasteiger partial charge is 0.384 e. The van der Waals surface area contributed by atoms with Crippen LogP contribution in [0.3, 0.4) is 0 Å². The number of nitrogen functional groups attached to an aromatic ring is 1. The first-order valence-corrected chi connectivity index (χ1v) is 6.41. The molecule has 2 rings (SSSR count). The molecule has 2 heterocycles. The topological polar surface area (TPSA) is 75.2 Å². The van der Waals surface area contributed by atoms with Crippen molar-refractivity contribution in [3.63, 3.8) is 0 Å². The number of morpholine rings is 1. The maximum Gasteiger partial charge on any atom is 0.433 e. The lowest BCUT2D eigenvalue weighted by Gasteiger charge is -2.43. The summed E-state index contributed by atoms with van der Waals surface area (Å²) in [6.45, 7) is 4.83. The van der Waals surface area contributed by atoms with E-state index in [0.29, 0.717) is 19.8 Å². The molecule has 0 unspecified atom stereocenters. The average Bonchev–Trinajstić information content (AvgIpc) is 2.36. The van der Waals surface area contributed by atoms with Crippen LogP contribution in [0.2, 0.25) is 0 Å². The Morgan fingerprint density at radius 3 is 2.62 bits per heavy atom. The van der Waals surface area contributed by atoms with E-state index in [2.05, 4.69) is 4.98 Å². The van der Waals surface area contributed by atoms with Crippen molar-refractivity contribution in [3.8, 4) is 0 Å². The van der Waals surface area contributed by atoms with Gasteiger partial charge in [0.15, 0.2) is 0 Å². The zero-order valence-corrected chi connectivity index (χ0v) is 11.8. The molecule has 21 heavy (non-hydrogen) atoms. The molecular weight excluding hydrogens is 285 g/mol. The van der Waals surface area contributed by atoms with E-state index >= 15 is 0 Å². The molecule has 116 valence electrons. The van der Waals surface area contributed by atoms with Gasteiger partial charge in [0, 0.05) is 6.54 Å². The highest BCUT2D eigenvalue weighted by molar-refractivity contribution is 5.99. The quantitative estimate of drug-likeness (QED) is 0.647. The van der Waals surface area contributed by atoms with Gasteiger partial charge >= 0.3 is 6.18 Å². The minimum atomic E-state index is -4.54. The van der Waals surface area contributed by atoms with Crippen LogP contribution < -0.4 is 10.6 Å². The summed E-state index contributed by atoms with van der Waals surface area (Å²) in [7, 11) is 0. The third-order valence-corrected chi connectivity index (χ3v) is 3.36. The van der Waals surface area contributed by atoms with Crippen molar-refractivity contribution >= 4 is 11.7 Å². The van der Waals surface area contributed by atoms with Gasteiger partial charge in [0.2, 0.25) is 0 Å². The second-order valence-electron chi connectivity index (χ2n) is 5.50. The molecule has 0 atom stereocenters. The first kappa shape index (κ1) is 15.6. The van der Waals surface area contributed by atoms with Gasteiger partial charge in [-0.3, -0.25) is 5.41 Å². The van der Waals surface area contributed by atoms with E-state index in [9.17, 15) is 13.2 Å². The number of nitrogens with two attached hydrogens (primary N) is 1. The summed E-state index contributed by atoms with van der Waals surface area (Å²) in [5.41, 5.74) is 4.14. The Hall–Kier alpha value is -1.83. The number of hydrogen-bond donors (Lipinski definition) is 2. The van der Waals surface area contributed by atoms with Gasteiger partial charge in [-0.25, -0.2) is 4.98 Å². The first-order valence-electron chi connectivity index (χ1n) is 6.41. The van der Waals surface area contributed by atoms with Crippen molar-refractivity contribution in [2.45, 2.75) is 25.6 Å². The van der Waals surface area contributed by atoms with Crippen molar-refractivity contribution in [1.82, 2.24) is 4.98 Å². The van der Waals surface area contributed by atoms with Gasteiger partial charge in [-0.1, -0.05) is 0 Å². The van der Waals surface area contributed by atoms with Crippen LogP contribution in [0.5, 0.6) is 0 Å². The van der Waals surface area contributed by atoms with Gasteiger partial charge in [0.05, 0.1) is 24.3 Å². The highest BCUT2D eigenvalue weighted by Gasteiger charge is 2.37. The number of alkyl halides is 3. The number of anilines is 1. The van der Waals surface area contributed by atoms with E-state index in [-0.39, 0.29) is 17.2 Å². The maximum absolute atomic E-state index is 12.9. The number of halogens is 3. The summed E-state index contributed by atoms with van der Waals surface area (Å²) < 4.78 is 44.0. The number of ether oxygens (including phenoxy) is 1. The van der Waals surface area contributed by atoms with Gasteiger partial charge in [0.1, 0.15) is 17.3 Å². The van der Waals surface area contributed by atoms with Gasteiger partial charge in [-0.05, 0) is 26.0 Å².